The van der Waals surface area contributed by atoms with Crippen molar-refractivity contribution in [1.29, 1.82) is 0 Å². The predicted molar refractivity (Wildman–Crippen MR) is 61.7 cm³/mol. The summed E-state index contributed by atoms with van der Waals surface area (Å²) in [5, 5.41) is 1.04. The number of nitrogens with zero attached hydrogens (tertiary/aromatic N) is 2. The molecule has 1 aromatic heterocycles. The molecule has 1 fully saturated rings. The number of aromatic nitrogens is 1. The van der Waals surface area contributed by atoms with Crippen molar-refractivity contribution in [3.05, 3.63) is 16.1 Å². The highest BCUT2D eigenvalue weighted by Crippen LogP contribution is 2.22. The van der Waals surface area contributed by atoms with E-state index in [0.717, 1.165) is 37.3 Å². The molecule has 1 aliphatic heterocycles. The van der Waals surface area contributed by atoms with Crippen LogP contribution < -0.4 is 0 Å². The van der Waals surface area contributed by atoms with Gasteiger partial charge < -0.3 is 4.90 Å². The molecule has 0 aromatic carbocycles. The molecule has 3 nitrogen and oxygen atoms in total. The van der Waals surface area contributed by atoms with E-state index >= 15 is 0 Å². The highest BCUT2D eigenvalue weighted by Gasteiger charge is 2.26. The molecule has 0 atom stereocenters. The Bertz CT molecular complexity index is 350. The Morgan fingerprint density at radius 1 is 1.62 bits per heavy atom. The standard InChI is InChI=1S/C11H15FN2OS/c12-2-1-3-14-6-9(7-14)4-11-13-5-10(8-15)16-11/h5,8-9H,1-4,6-7H2. The van der Waals surface area contributed by atoms with Gasteiger partial charge in [0.2, 0.25) is 0 Å². The minimum absolute atomic E-state index is 0.226. The Morgan fingerprint density at radius 2 is 2.44 bits per heavy atom. The van der Waals surface area contributed by atoms with E-state index in [1.54, 1.807) is 6.20 Å². The number of alkyl halides is 1. The SMILES string of the molecule is O=Cc1cnc(CC2CN(CCCF)C2)s1. The van der Waals surface area contributed by atoms with E-state index in [1.807, 2.05) is 0 Å². The molecule has 1 aromatic rings. The number of halogens is 1. The van der Waals surface area contributed by atoms with Crippen LogP contribution in [-0.4, -0.2) is 42.5 Å². The number of hydrogen-bond acceptors (Lipinski definition) is 4. The molecule has 5 heteroatoms. The maximum atomic E-state index is 11.9. The predicted octanol–water partition coefficient (Wildman–Crippen LogP) is 1.79. The zero-order valence-corrected chi connectivity index (χ0v) is 9.88. The molecule has 0 unspecified atom stereocenters. The van der Waals surface area contributed by atoms with Crippen LogP contribution >= 0.6 is 11.3 Å². The summed E-state index contributed by atoms with van der Waals surface area (Å²) >= 11 is 1.47. The van der Waals surface area contributed by atoms with Crippen molar-refractivity contribution in [2.75, 3.05) is 26.3 Å². The molecule has 16 heavy (non-hydrogen) atoms. The molecule has 2 rings (SSSR count). The fourth-order valence-corrected chi connectivity index (χ4v) is 2.84. The summed E-state index contributed by atoms with van der Waals surface area (Å²) in [6.07, 6.45) is 4.06. The zero-order chi connectivity index (χ0) is 11.4. The molecule has 0 bridgehead atoms. The van der Waals surface area contributed by atoms with Crippen LogP contribution in [0.15, 0.2) is 6.20 Å². The summed E-state index contributed by atoms with van der Waals surface area (Å²) in [4.78, 5) is 17.7. The van der Waals surface area contributed by atoms with Gasteiger partial charge in [-0.2, -0.15) is 0 Å². The molecular weight excluding hydrogens is 227 g/mol. The second-order valence-corrected chi connectivity index (χ2v) is 5.29. The highest BCUT2D eigenvalue weighted by molar-refractivity contribution is 7.13. The summed E-state index contributed by atoms with van der Waals surface area (Å²) in [7, 11) is 0. The van der Waals surface area contributed by atoms with E-state index in [9.17, 15) is 9.18 Å². The second-order valence-electron chi connectivity index (χ2n) is 4.15. The summed E-state index contributed by atoms with van der Waals surface area (Å²) in [5.41, 5.74) is 0. The number of carbonyl (C=O) groups is 1. The van der Waals surface area contributed by atoms with Gasteiger partial charge in [0.05, 0.1) is 16.6 Å². The van der Waals surface area contributed by atoms with Crippen molar-refractivity contribution in [2.24, 2.45) is 5.92 Å². The number of carbonyl (C=O) groups excluding carboxylic acids is 1. The van der Waals surface area contributed by atoms with Crippen molar-refractivity contribution in [3.63, 3.8) is 0 Å². The van der Waals surface area contributed by atoms with Crippen LogP contribution in [0.1, 0.15) is 21.1 Å². The first-order chi connectivity index (χ1) is 7.81. The molecule has 0 N–H and O–H groups in total. The summed E-state index contributed by atoms with van der Waals surface area (Å²) in [6, 6.07) is 0. The Kier molecular flexibility index (Phi) is 4.01. The minimum Gasteiger partial charge on any atom is -0.303 e. The highest BCUT2D eigenvalue weighted by atomic mass is 32.1. The van der Waals surface area contributed by atoms with E-state index in [-0.39, 0.29) is 6.67 Å². The smallest absolute Gasteiger partial charge is 0.161 e. The first kappa shape index (κ1) is 11.7. The van der Waals surface area contributed by atoms with Crippen molar-refractivity contribution >= 4 is 17.6 Å². The molecule has 0 spiro atoms. The largest absolute Gasteiger partial charge is 0.303 e. The first-order valence-corrected chi connectivity index (χ1v) is 6.31. The third-order valence-corrected chi connectivity index (χ3v) is 3.74. The fourth-order valence-electron chi connectivity index (χ4n) is 1.99. The van der Waals surface area contributed by atoms with Crippen LogP contribution in [0.3, 0.4) is 0 Å². The zero-order valence-electron chi connectivity index (χ0n) is 9.06. The minimum atomic E-state index is -0.226. The topological polar surface area (TPSA) is 33.2 Å². The third-order valence-electron chi connectivity index (χ3n) is 2.79. The van der Waals surface area contributed by atoms with Gasteiger partial charge in [-0.15, -0.1) is 11.3 Å². The molecule has 1 aliphatic rings. The maximum absolute atomic E-state index is 11.9. The van der Waals surface area contributed by atoms with Crippen LogP contribution in [-0.2, 0) is 6.42 Å². The number of rotatable bonds is 6. The molecule has 1 saturated heterocycles. The van der Waals surface area contributed by atoms with E-state index in [4.69, 9.17) is 0 Å². The van der Waals surface area contributed by atoms with Crippen LogP contribution in [0.25, 0.3) is 0 Å². The average Bonchev–Trinajstić information content (AvgIpc) is 2.69. The molecule has 0 radical (unpaired) electrons. The van der Waals surface area contributed by atoms with Crippen molar-refractivity contribution in [2.45, 2.75) is 12.8 Å². The van der Waals surface area contributed by atoms with Crippen LogP contribution in [0.5, 0.6) is 0 Å². The lowest BCUT2D eigenvalue weighted by molar-refractivity contribution is 0.0968. The van der Waals surface area contributed by atoms with Gasteiger partial charge in [0, 0.05) is 32.3 Å². The van der Waals surface area contributed by atoms with Gasteiger partial charge in [0.1, 0.15) is 0 Å². The van der Waals surface area contributed by atoms with Gasteiger partial charge in [-0.05, 0) is 12.3 Å². The molecule has 88 valence electrons. The Labute approximate surface area is 98.3 Å². The fraction of sp³-hybridized carbons (Fsp3) is 0.636. The van der Waals surface area contributed by atoms with E-state index in [1.165, 1.54) is 11.3 Å². The number of likely N-dealkylation sites (tertiary alicyclic amines) is 1. The van der Waals surface area contributed by atoms with Crippen LogP contribution in [0, 0.1) is 5.92 Å². The number of aldehydes is 1. The second kappa shape index (κ2) is 5.50. The number of hydrogen-bond donors (Lipinski definition) is 0. The Hall–Kier alpha value is -0.810. The van der Waals surface area contributed by atoms with Gasteiger partial charge >= 0.3 is 0 Å². The molecular formula is C11H15FN2OS. The van der Waals surface area contributed by atoms with Crippen molar-refractivity contribution < 1.29 is 9.18 Å². The van der Waals surface area contributed by atoms with Crippen molar-refractivity contribution in [3.8, 4) is 0 Å². The first-order valence-electron chi connectivity index (χ1n) is 5.50. The lowest BCUT2D eigenvalue weighted by Gasteiger charge is -2.38. The lowest BCUT2D eigenvalue weighted by atomic mass is 9.96. The quantitative estimate of drug-likeness (QED) is 0.713. The van der Waals surface area contributed by atoms with E-state index in [0.29, 0.717) is 17.2 Å². The van der Waals surface area contributed by atoms with Gasteiger partial charge in [0.15, 0.2) is 6.29 Å². The van der Waals surface area contributed by atoms with Gasteiger partial charge in [-0.25, -0.2) is 4.98 Å². The van der Waals surface area contributed by atoms with E-state index < -0.39 is 0 Å². The van der Waals surface area contributed by atoms with E-state index in [2.05, 4.69) is 9.88 Å². The van der Waals surface area contributed by atoms with Crippen molar-refractivity contribution in [1.82, 2.24) is 9.88 Å². The molecule has 0 aliphatic carbocycles. The number of thiazole rings is 1. The van der Waals surface area contributed by atoms with Gasteiger partial charge in [-0.3, -0.25) is 9.18 Å². The molecule has 2 heterocycles. The molecule has 0 saturated carbocycles. The van der Waals surface area contributed by atoms with Crippen LogP contribution in [0.4, 0.5) is 4.39 Å². The van der Waals surface area contributed by atoms with Gasteiger partial charge in [0.25, 0.3) is 0 Å². The third kappa shape index (κ3) is 2.86. The summed E-state index contributed by atoms with van der Waals surface area (Å²) < 4.78 is 11.9. The summed E-state index contributed by atoms with van der Waals surface area (Å²) in [5.74, 6) is 0.630. The molecule has 0 amide bonds. The van der Waals surface area contributed by atoms with Gasteiger partial charge in [-0.1, -0.05) is 0 Å². The lowest BCUT2D eigenvalue weighted by Crippen LogP contribution is -2.47. The maximum Gasteiger partial charge on any atom is 0.161 e. The normalized spacial score (nSPS) is 17.3. The Balaban J connectivity index is 1.70. The average molecular weight is 242 g/mol. The summed E-state index contributed by atoms with van der Waals surface area (Å²) in [6.45, 7) is 2.72. The Morgan fingerprint density at radius 3 is 3.06 bits per heavy atom. The van der Waals surface area contributed by atoms with Crippen LogP contribution in [0.2, 0.25) is 0 Å². The monoisotopic (exact) mass is 242 g/mol.